The van der Waals surface area contributed by atoms with Gasteiger partial charge in [-0.15, -0.1) is 0 Å². The Morgan fingerprint density at radius 3 is 2.86 bits per heavy atom. The quantitative estimate of drug-likeness (QED) is 0.542. The van der Waals surface area contributed by atoms with Gasteiger partial charge in [-0.3, -0.25) is 4.98 Å². The average molecular weight is 389 g/mol. The summed E-state index contributed by atoms with van der Waals surface area (Å²) >= 11 is 0. The number of nitrogens with zero attached hydrogens (tertiary/aromatic N) is 4. The van der Waals surface area contributed by atoms with Crippen molar-refractivity contribution in [1.82, 2.24) is 14.4 Å². The number of fused-ring (bicyclic) bond motifs is 2. The lowest BCUT2D eigenvalue weighted by molar-refractivity contribution is 0.563. The second-order valence-electron chi connectivity index (χ2n) is 7.83. The maximum absolute atomic E-state index is 12.7. The van der Waals surface area contributed by atoms with Gasteiger partial charge in [0, 0.05) is 42.6 Å². The molecule has 0 radical (unpaired) electrons. The second-order valence-corrected chi connectivity index (χ2v) is 7.83. The van der Waals surface area contributed by atoms with E-state index in [1.54, 1.807) is 0 Å². The number of hydrogen-bond donors (Lipinski definition) is 1. The highest BCUT2D eigenvalue weighted by Crippen LogP contribution is 2.28. The lowest BCUT2D eigenvalue weighted by Gasteiger charge is -2.18. The number of anilines is 1. The molecular weight excluding hydrogens is 366 g/mol. The summed E-state index contributed by atoms with van der Waals surface area (Å²) in [7, 11) is 0. The largest absolute Gasteiger partial charge is 0.422 e. The maximum atomic E-state index is 12.7. The Bertz CT molecular complexity index is 1290. The number of benzene rings is 1. The lowest BCUT2D eigenvalue weighted by Crippen LogP contribution is -2.22. The number of hydrogen-bond acceptors (Lipinski definition) is 6. The van der Waals surface area contributed by atoms with E-state index in [9.17, 15) is 4.79 Å². The molecule has 7 nitrogen and oxygen atoms in total. The molecule has 7 heteroatoms. The van der Waals surface area contributed by atoms with Gasteiger partial charge in [0.2, 0.25) is 0 Å². The molecule has 1 aliphatic heterocycles. The summed E-state index contributed by atoms with van der Waals surface area (Å²) in [6, 6.07) is 7.88. The molecule has 1 saturated heterocycles. The minimum absolute atomic E-state index is 0.387. The van der Waals surface area contributed by atoms with Gasteiger partial charge in [0.25, 0.3) is 0 Å². The smallest absolute Gasteiger partial charge is 0.345 e. The van der Waals surface area contributed by atoms with Gasteiger partial charge in [0.15, 0.2) is 5.65 Å². The highest BCUT2D eigenvalue weighted by Gasteiger charge is 2.22. The third kappa shape index (κ3) is 3.07. The number of aromatic nitrogens is 3. The van der Waals surface area contributed by atoms with E-state index in [1.165, 1.54) is 0 Å². The second kappa shape index (κ2) is 6.70. The van der Waals surface area contributed by atoms with Gasteiger partial charge in [-0.25, -0.2) is 9.78 Å². The highest BCUT2D eigenvalue weighted by molar-refractivity contribution is 5.84. The van der Waals surface area contributed by atoms with Crippen LogP contribution in [0.1, 0.15) is 17.8 Å². The molecule has 1 atom stereocenters. The number of aryl methyl sites for hydroxylation is 2. The Kier molecular flexibility index (Phi) is 4.13. The van der Waals surface area contributed by atoms with E-state index in [-0.39, 0.29) is 5.63 Å². The van der Waals surface area contributed by atoms with E-state index in [0.29, 0.717) is 29.3 Å². The summed E-state index contributed by atoms with van der Waals surface area (Å²) in [4.78, 5) is 24.1. The van der Waals surface area contributed by atoms with Crippen LogP contribution < -0.4 is 16.3 Å². The maximum Gasteiger partial charge on any atom is 0.345 e. The fourth-order valence-electron chi connectivity index (χ4n) is 4.17. The van der Waals surface area contributed by atoms with Gasteiger partial charge in [-0.2, -0.15) is 0 Å². The van der Waals surface area contributed by atoms with Crippen LogP contribution in [0.5, 0.6) is 0 Å². The lowest BCUT2D eigenvalue weighted by atomic mass is 10.1. The van der Waals surface area contributed by atoms with Gasteiger partial charge in [-0.1, -0.05) is 0 Å². The first-order valence-electron chi connectivity index (χ1n) is 9.88. The number of imidazole rings is 1. The Morgan fingerprint density at radius 2 is 2.07 bits per heavy atom. The summed E-state index contributed by atoms with van der Waals surface area (Å²) < 4.78 is 7.58. The molecule has 2 N–H and O–H groups in total. The van der Waals surface area contributed by atoms with E-state index in [1.807, 2.05) is 48.8 Å². The van der Waals surface area contributed by atoms with Gasteiger partial charge < -0.3 is 19.5 Å². The molecule has 1 fully saturated rings. The van der Waals surface area contributed by atoms with Crippen LogP contribution in [0.3, 0.4) is 0 Å². The van der Waals surface area contributed by atoms with Crippen LogP contribution >= 0.6 is 0 Å². The Balaban J connectivity index is 1.56. The average Bonchev–Trinajstić information content (AvgIpc) is 3.34. The van der Waals surface area contributed by atoms with Gasteiger partial charge in [0.1, 0.15) is 5.58 Å². The molecular formula is C22H23N5O2. The first-order chi connectivity index (χ1) is 14.0. The summed E-state index contributed by atoms with van der Waals surface area (Å²) in [5, 5.41) is 0.876. The minimum Gasteiger partial charge on any atom is -0.422 e. The van der Waals surface area contributed by atoms with Crippen molar-refractivity contribution in [3.05, 3.63) is 58.5 Å². The molecule has 0 spiro atoms. The SMILES string of the molecule is Cc1cn2cc(-c3cc4ccc(N5CC[C@@H](CN)C5)cc4oc3=O)nc2c(C)n1. The molecule has 4 aromatic rings. The van der Waals surface area contributed by atoms with Crippen molar-refractivity contribution in [1.29, 1.82) is 0 Å². The summed E-state index contributed by atoms with van der Waals surface area (Å²) in [6.07, 6.45) is 4.85. The fourth-order valence-corrected chi connectivity index (χ4v) is 4.17. The summed E-state index contributed by atoms with van der Waals surface area (Å²) in [5.74, 6) is 0.525. The molecule has 148 valence electrons. The van der Waals surface area contributed by atoms with Gasteiger partial charge in [0.05, 0.1) is 22.6 Å². The van der Waals surface area contributed by atoms with Crippen LogP contribution in [0.4, 0.5) is 5.69 Å². The van der Waals surface area contributed by atoms with E-state index >= 15 is 0 Å². The van der Waals surface area contributed by atoms with Crippen molar-refractivity contribution in [2.24, 2.45) is 11.7 Å². The van der Waals surface area contributed by atoms with Crippen LogP contribution in [-0.2, 0) is 0 Å². The zero-order valence-corrected chi connectivity index (χ0v) is 16.6. The van der Waals surface area contributed by atoms with Crippen molar-refractivity contribution in [2.75, 3.05) is 24.5 Å². The molecule has 1 aliphatic rings. The Hall–Kier alpha value is -3.19. The third-order valence-corrected chi connectivity index (χ3v) is 5.71. The van der Waals surface area contributed by atoms with Crippen LogP contribution in [0.2, 0.25) is 0 Å². The highest BCUT2D eigenvalue weighted by atomic mass is 16.4. The third-order valence-electron chi connectivity index (χ3n) is 5.71. The zero-order chi connectivity index (χ0) is 20.1. The Labute approximate surface area is 167 Å². The van der Waals surface area contributed by atoms with Crippen LogP contribution in [0.25, 0.3) is 27.9 Å². The summed E-state index contributed by atoms with van der Waals surface area (Å²) in [5.41, 5.74) is 10.6. The van der Waals surface area contributed by atoms with Crippen LogP contribution in [0.15, 0.2) is 45.9 Å². The molecule has 0 aliphatic carbocycles. The molecule has 0 saturated carbocycles. The minimum atomic E-state index is -0.387. The van der Waals surface area contributed by atoms with Crippen molar-refractivity contribution < 1.29 is 4.42 Å². The molecule has 1 aromatic carbocycles. The first-order valence-corrected chi connectivity index (χ1v) is 9.88. The van der Waals surface area contributed by atoms with Crippen molar-refractivity contribution in [2.45, 2.75) is 20.3 Å². The molecule has 5 rings (SSSR count). The van der Waals surface area contributed by atoms with Crippen LogP contribution in [-0.4, -0.2) is 34.0 Å². The van der Waals surface area contributed by atoms with Crippen molar-refractivity contribution >= 4 is 22.3 Å². The Morgan fingerprint density at radius 1 is 1.21 bits per heavy atom. The molecule has 3 aromatic heterocycles. The van der Waals surface area contributed by atoms with E-state index in [2.05, 4.69) is 20.9 Å². The molecule has 0 unspecified atom stereocenters. The van der Waals surface area contributed by atoms with Crippen molar-refractivity contribution in [3.8, 4) is 11.3 Å². The van der Waals surface area contributed by atoms with Gasteiger partial charge in [-0.05, 0) is 50.9 Å². The standard InChI is InChI=1S/C22H23N5O2/c1-13-10-27-12-19(25-21(27)14(2)24-13)18-7-16-3-4-17(8-20(16)29-22(18)28)26-6-5-15(9-23)11-26/h3-4,7-8,10,12,15H,5-6,9,11,23H2,1-2H3/t15-/m0/s1. The van der Waals surface area contributed by atoms with E-state index in [0.717, 1.165) is 47.6 Å². The monoisotopic (exact) mass is 389 g/mol. The number of rotatable bonds is 3. The van der Waals surface area contributed by atoms with E-state index < -0.39 is 0 Å². The molecule has 0 amide bonds. The molecule has 0 bridgehead atoms. The summed E-state index contributed by atoms with van der Waals surface area (Å²) in [6.45, 7) is 6.47. The predicted octanol–water partition coefficient (Wildman–Crippen LogP) is 2.90. The molecule has 4 heterocycles. The van der Waals surface area contributed by atoms with Crippen LogP contribution in [0, 0.1) is 19.8 Å². The number of nitrogens with two attached hydrogens (primary N) is 1. The predicted molar refractivity (Wildman–Crippen MR) is 113 cm³/mol. The van der Waals surface area contributed by atoms with E-state index in [4.69, 9.17) is 10.2 Å². The van der Waals surface area contributed by atoms with Crippen molar-refractivity contribution in [3.63, 3.8) is 0 Å². The van der Waals surface area contributed by atoms with Gasteiger partial charge >= 0.3 is 5.63 Å². The molecule has 29 heavy (non-hydrogen) atoms. The topological polar surface area (TPSA) is 89.7 Å². The zero-order valence-electron chi connectivity index (χ0n) is 16.6. The fraction of sp³-hybridized carbons (Fsp3) is 0.318. The normalized spacial score (nSPS) is 16.9. The first kappa shape index (κ1) is 17.9.